The van der Waals surface area contributed by atoms with Gasteiger partial charge in [-0.2, -0.15) is 0 Å². The van der Waals surface area contributed by atoms with Crippen molar-refractivity contribution in [2.45, 2.75) is 70.7 Å². The van der Waals surface area contributed by atoms with E-state index in [-0.39, 0.29) is 61.4 Å². The Morgan fingerprint density at radius 3 is 1.52 bits per heavy atom. The molecule has 0 aliphatic heterocycles. The summed E-state index contributed by atoms with van der Waals surface area (Å²) in [6.45, 7) is 11.3. The minimum absolute atomic E-state index is 0.00929. The van der Waals surface area contributed by atoms with E-state index in [0.29, 0.717) is 16.9 Å². The lowest BCUT2D eigenvalue weighted by molar-refractivity contribution is -0.141. The van der Waals surface area contributed by atoms with Gasteiger partial charge in [0.2, 0.25) is 11.6 Å². The van der Waals surface area contributed by atoms with E-state index in [1.165, 1.54) is 41.7 Å². The number of hydrogen-bond acceptors (Lipinski definition) is 16. The van der Waals surface area contributed by atoms with E-state index in [0.717, 1.165) is 27.7 Å². The van der Waals surface area contributed by atoms with Crippen molar-refractivity contribution in [3.63, 3.8) is 0 Å². The van der Waals surface area contributed by atoms with Crippen LogP contribution in [0.5, 0.6) is 5.75 Å². The van der Waals surface area contributed by atoms with Gasteiger partial charge in [-0.25, -0.2) is 9.59 Å². The molecule has 2 N–H and O–H groups in total. The lowest BCUT2D eigenvalue weighted by atomic mass is 10.0. The van der Waals surface area contributed by atoms with Crippen molar-refractivity contribution < 1.29 is 58.1 Å². The number of Topliss-reactive ketones (excluding diaryl/α,β-unsaturated/α-hetero) is 2. The average Bonchev–Trinajstić information content (AvgIpc) is 3.27. The molecule has 324 valence electrons. The Morgan fingerprint density at radius 2 is 1.12 bits per heavy atom. The highest BCUT2D eigenvalue weighted by Gasteiger charge is 2.17. The molecule has 0 heterocycles. The number of likely N-dealkylation sites (N-methyl/N-ethyl adjacent to an activating group) is 1. The molecule has 0 saturated heterocycles. The van der Waals surface area contributed by atoms with Crippen molar-refractivity contribution >= 4 is 58.3 Å². The second-order valence-electron chi connectivity index (χ2n) is 12.0. The maximum absolute atomic E-state index is 12.3. The molecule has 1 aliphatic carbocycles. The van der Waals surface area contributed by atoms with Crippen molar-refractivity contribution in [2.24, 2.45) is 10.3 Å². The Morgan fingerprint density at radius 1 is 0.683 bits per heavy atom. The smallest absolute Gasteiger partial charge is 0.331 e. The Bertz CT molecular complexity index is 1940. The highest BCUT2D eigenvalue weighted by atomic mass is 32.2. The summed E-state index contributed by atoms with van der Waals surface area (Å²) in [7, 11) is 3.33. The zero-order valence-electron chi connectivity index (χ0n) is 35.5. The molecule has 1 unspecified atom stereocenters. The van der Waals surface area contributed by atoms with Gasteiger partial charge in [0.25, 0.3) is 0 Å². The van der Waals surface area contributed by atoms with E-state index in [4.69, 9.17) is 19.7 Å². The molecule has 3 aromatic rings. The highest BCUT2D eigenvalue weighted by Crippen LogP contribution is 2.29. The number of hydrogen-bond donors (Lipinski definition) is 2. The van der Waals surface area contributed by atoms with Gasteiger partial charge in [-0.15, -0.1) is 0 Å². The number of carbonyl (C=O) groups is 5. The van der Waals surface area contributed by atoms with E-state index >= 15 is 0 Å². The number of rotatable bonds is 16. The molecular weight excluding hydrogens is 795 g/mol. The molecule has 0 saturated carbocycles. The topological polar surface area (TPSA) is 200 Å². The first-order valence-electron chi connectivity index (χ1n) is 18.8. The zero-order valence-corrected chi connectivity index (χ0v) is 36.3. The number of ketones is 2. The lowest BCUT2D eigenvalue weighted by Crippen LogP contribution is -2.30. The number of allylic oxidation sites excluding steroid dienone is 1. The van der Waals surface area contributed by atoms with Crippen LogP contribution in [-0.2, 0) is 33.5 Å². The fourth-order valence-electron chi connectivity index (χ4n) is 4.53. The third-order valence-corrected chi connectivity index (χ3v) is 8.56. The molecule has 0 amide bonds. The summed E-state index contributed by atoms with van der Waals surface area (Å²) in [4.78, 5) is 68.6. The number of benzene rings is 3. The molecule has 15 nitrogen and oxygen atoms in total. The third kappa shape index (κ3) is 20.0. The van der Waals surface area contributed by atoms with Gasteiger partial charge >= 0.3 is 17.9 Å². The Balaban J connectivity index is 0.000000520. The molecule has 0 spiro atoms. The van der Waals surface area contributed by atoms with Crippen molar-refractivity contribution in [1.82, 2.24) is 0 Å². The number of aliphatic hydroxyl groups is 2. The first kappa shape index (κ1) is 51.9. The van der Waals surface area contributed by atoms with Crippen LogP contribution < -0.4 is 9.64 Å². The number of nitrogens with zero attached hydrogens (tertiary/aromatic N) is 3. The summed E-state index contributed by atoms with van der Waals surface area (Å²) in [5.74, 6) is -0.519. The van der Waals surface area contributed by atoms with Crippen LogP contribution in [0, 0.1) is 0 Å². The number of ether oxygens (including phenoxy) is 3. The Hall–Kier alpha value is -6.10. The van der Waals surface area contributed by atoms with Crippen molar-refractivity contribution in [2.75, 3.05) is 45.5 Å². The maximum Gasteiger partial charge on any atom is 0.331 e. The molecule has 60 heavy (non-hydrogen) atoms. The van der Waals surface area contributed by atoms with Gasteiger partial charge in [-0.05, 0) is 105 Å². The SMILES string of the molecule is CC.CC(=O)O/N=C(\C)C(=O)c1ccc(N(C)C2C=CC(OCCO)=CC2)cc1.CC(=O)O/N=C(\C)C(=O)c1ccc(Sc2ccc(OCCO)cc2)cc1.COC(C)=O. The highest BCUT2D eigenvalue weighted by molar-refractivity contribution is 7.99. The standard InChI is InChI=1S/C20H24N2O5.C19H19NO5S.C3H6O2.C2H6/c1-14(21-27-15(2)24)20(25)16-4-6-17(7-5-16)22(3)18-8-10-19(11-9-18)26-13-12-23;1-13(20-25-14(2)22)19(23)15-3-7-17(8-4-15)26-18-9-5-16(6-10-18)24-12-11-21;1-3(4)5-2;1-2/h4-8,10-11,18,23H,9,12-13H2,1-3H3;3-10,21H,11-12H2,1-2H3;1-2H3;1-2H3/b21-14+;20-13+;;. The number of aliphatic hydroxyl groups excluding tert-OH is 2. The van der Waals surface area contributed by atoms with Gasteiger partial charge in [0, 0.05) is 54.4 Å². The van der Waals surface area contributed by atoms with E-state index in [2.05, 4.69) is 29.6 Å². The van der Waals surface area contributed by atoms with Crippen LogP contribution in [0.25, 0.3) is 0 Å². The number of oxime groups is 2. The van der Waals surface area contributed by atoms with Crippen LogP contribution in [0.15, 0.2) is 117 Å². The minimum atomic E-state index is -0.573. The molecule has 1 aliphatic rings. The van der Waals surface area contributed by atoms with Crippen LogP contribution >= 0.6 is 11.8 Å². The predicted octanol–water partition coefficient (Wildman–Crippen LogP) is 7.00. The van der Waals surface area contributed by atoms with Crippen molar-refractivity contribution in [1.29, 1.82) is 0 Å². The summed E-state index contributed by atoms with van der Waals surface area (Å²) in [5.41, 5.74) is 2.12. The van der Waals surface area contributed by atoms with Crippen LogP contribution in [0.3, 0.4) is 0 Å². The molecule has 3 aromatic carbocycles. The number of esters is 1. The van der Waals surface area contributed by atoms with Crippen LogP contribution in [0.2, 0.25) is 0 Å². The first-order chi connectivity index (χ1) is 28.7. The minimum Gasteiger partial charge on any atom is -0.492 e. The normalized spacial score (nSPS) is 12.9. The largest absolute Gasteiger partial charge is 0.492 e. The fourth-order valence-corrected chi connectivity index (χ4v) is 5.35. The fraction of sp³-hybridized carbons (Fsp3) is 0.341. The van der Waals surface area contributed by atoms with E-state index in [1.807, 2.05) is 87.7 Å². The predicted molar refractivity (Wildman–Crippen MR) is 231 cm³/mol. The summed E-state index contributed by atoms with van der Waals surface area (Å²) >= 11 is 1.55. The summed E-state index contributed by atoms with van der Waals surface area (Å²) < 4.78 is 14.8. The molecule has 0 aromatic heterocycles. The maximum atomic E-state index is 12.3. The number of anilines is 1. The molecule has 0 bridgehead atoms. The van der Waals surface area contributed by atoms with Gasteiger partial charge in [-0.1, -0.05) is 42.0 Å². The number of methoxy groups -OCH3 is 1. The van der Waals surface area contributed by atoms with Gasteiger partial charge in [-0.3, -0.25) is 14.4 Å². The van der Waals surface area contributed by atoms with Gasteiger partial charge in [0.1, 0.15) is 36.1 Å². The third-order valence-electron chi connectivity index (χ3n) is 7.54. The van der Waals surface area contributed by atoms with E-state index in [1.54, 1.807) is 36.0 Å². The van der Waals surface area contributed by atoms with Crippen LogP contribution in [-0.4, -0.2) is 97.7 Å². The van der Waals surface area contributed by atoms with Crippen molar-refractivity contribution in [3.05, 3.63) is 108 Å². The number of carbonyl (C=O) groups excluding carboxylic acids is 5. The van der Waals surface area contributed by atoms with Gasteiger partial charge in [0.05, 0.1) is 26.4 Å². The Labute approximate surface area is 355 Å². The molecule has 0 radical (unpaired) electrons. The monoisotopic (exact) mass is 849 g/mol. The zero-order chi connectivity index (χ0) is 45.0. The van der Waals surface area contributed by atoms with Crippen LogP contribution in [0.4, 0.5) is 5.69 Å². The first-order valence-corrected chi connectivity index (χ1v) is 19.7. The molecule has 0 fully saturated rings. The summed E-state index contributed by atoms with van der Waals surface area (Å²) in [6.07, 6.45) is 6.71. The molecule has 16 heteroatoms. The second-order valence-corrected chi connectivity index (χ2v) is 13.2. The summed E-state index contributed by atoms with van der Waals surface area (Å²) in [5, 5.41) is 24.6. The van der Waals surface area contributed by atoms with Gasteiger partial charge < -0.3 is 39.0 Å². The van der Waals surface area contributed by atoms with Crippen LogP contribution in [0.1, 0.15) is 75.6 Å². The second kappa shape index (κ2) is 29.2. The van der Waals surface area contributed by atoms with Gasteiger partial charge in [0.15, 0.2) is 0 Å². The average molecular weight is 850 g/mol. The molecular formula is C44H55N3O12S. The van der Waals surface area contributed by atoms with E-state index < -0.39 is 11.9 Å². The van der Waals surface area contributed by atoms with E-state index in [9.17, 15) is 24.0 Å². The summed E-state index contributed by atoms with van der Waals surface area (Å²) in [6, 6.07) is 21.9. The molecule has 1 atom stereocenters. The molecule has 4 rings (SSSR count). The quantitative estimate of drug-likeness (QED) is 0.0491. The Kier molecular flexibility index (Phi) is 25.2. The van der Waals surface area contributed by atoms with Crippen molar-refractivity contribution in [3.8, 4) is 5.75 Å². The lowest BCUT2D eigenvalue weighted by Gasteiger charge is -2.29.